The summed E-state index contributed by atoms with van der Waals surface area (Å²) in [4.78, 5) is 38.9. The van der Waals surface area contributed by atoms with Gasteiger partial charge in [-0.25, -0.2) is 4.79 Å². The Balaban J connectivity index is 1.08. The molecule has 2 aromatic rings. The second-order valence-corrected chi connectivity index (χ2v) is 10.6. The third-order valence-electron chi connectivity index (χ3n) is 6.92. The predicted octanol–water partition coefficient (Wildman–Crippen LogP) is 3.17. The maximum absolute atomic E-state index is 13.2. The van der Waals surface area contributed by atoms with Crippen LogP contribution in [0.25, 0.3) is 0 Å². The molecule has 7 nitrogen and oxygen atoms in total. The molecular weight excluding hydrogens is 472 g/mol. The zero-order chi connectivity index (χ0) is 24.9. The topological polar surface area (TPSA) is 90.5 Å². The van der Waals surface area contributed by atoms with Gasteiger partial charge in [-0.15, -0.1) is 0 Å². The Morgan fingerprint density at radius 1 is 1.00 bits per heavy atom. The molecule has 0 bridgehead atoms. The molecule has 36 heavy (non-hydrogen) atoms. The smallest absolute Gasteiger partial charge is 0.315 e. The molecule has 3 unspecified atom stereocenters. The molecule has 2 saturated heterocycles. The zero-order valence-corrected chi connectivity index (χ0v) is 20.9. The van der Waals surface area contributed by atoms with E-state index in [1.807, 2.05) is 60.3 Å². The van der Waals surface area contributed by atoms with Gasteiger partial charge in [0.1, 0.15) is 0 Å². The Hall–Kier alpha value is -3.44. The van der Waals surface area contributed by atoms with Gasteiger partial charge in [-0.1, -0.05) is 48.6 Å². The molecule has 0 spiro atoms. The molecule has 4 amide bonds. The molecule has 0 saturated carbocycles. The van der Waals surface area contributed by atoms with Gasteiger partial charge in [0, 0.05) is 41.5 Å². The van der Waals surface area contributed by atoms with E-state index in [-0.39, 0.29) is 36.3 Å². The Morgan fingerprint density at radius 3 is 2.67 bits per heavy atom. The third kappa shape index (κ3) is 5.52. The van der Waals surface area contributed by atoms with Crippen molar-refractivity contribution in [2.75, 3.05) is 17.2 Å². The van der Waals surface area contributed by atoms with Gasteiger partial charge in [0.2, 0.25) is 11.8 Å². The van der Waals surface area contributed by atoms with Crippen LogP contribution in [0.4, 0.5) is 10.5 Å². The van der Waals surface area contributed by atoms with Crippen molar-refractivity contribution in [3.05, 3.63) is 65.2 Å². The average molecular weight is 503 g/mol. The van der Waals surface area contributed by atoms with Crippen molar-refractivity contribution >= 4 is 35.3 Å². The molecule has 5 rings (SSSR count). The Bertz CT molecular complexity index is 1220. The molecule has 0 radical (unpaired) electrons. The molecule has 2 aromatic carbocycles. The number of carbonyl (C=O) groups excluding carboxylic acids is 3. The monoisotopic (exact) mass is 502 g/mol. The van der Waals surface area contributed by atoms with Gasteiger partial charge in [-0.05, 0) is 36.6 Å². The molecule has 3 atom stereocenters. The van der Waals surface area contributed by atoms with Crippen LogP contribution in [0.2, 0.25) is 0 Å². The van der Waals surface area contributed by atoms with Crippen molar-refractivity contribution in [3.63, 3.8) is 0 Å². The van der Waals surface area contributed by atoms with Crippen molar-refractivity contribution in [1.29, 1.82) is 0 Å². The average Bonchev–Trinajstić information content (AvgIpc) is 3.42. The number of hydrogen-bond acceptors (Lipinski definition) is 4. The normalized spacial score (nSPS) is 21.5. The molecule has 3 heterocycles. The third-order valence-corrected chi connectivity index (χ3v) is 8.42. The fourth-order valence-electron chi connectivity index (χ4n) is 5.01. The summed E-state index contributed by atoms with van der Waals surface area (Å²) in [6, 6.07) is 15.9. The standard InChI is InChI=1S/C28H30N4O3S/c33-25(12-6-5-11-24-27-22(18-36-24)30-28(35)31-27)29-16-15-26(34)32-17-21-9-2-1-7-19(21)13-14-20-8-3-4-10-23(20)32/h1-4,7-10,22,24,27H,5-6,11-12,15-18H2,(H,29,33)(H2,30,31,35). The van der Waals surface area contributed by atoms with Crippen molar-refractivity contribution in [1.82, 2.24) is 16.0 Å². The van der Waals surface area contributed by atoms with Crippen molar-refractivity contribution in [3.8, 4) is 11.8 Å². The SMILES string of the molecule is O=C(CCCCC1SCC2NC(=O)NC21)NCCC(=O)N1Cc2ccccc2C#Cc2ccccc21. The number of benzene rings is 2. The first-order chi connectivity index (χ1) is 17.6. The minimum Gasteiger partial charge on any atom is -0.356 e. The lowest BCUT2D eigenvalue weighted by Crippen LogP contribution is -2.36. The number of hydrogen-bond donors (Lipinski definition) is 3. The predicted molar refractivity (Wildman–Crippen MR) is 142 cm³/mol. The van der Waals surface area contributed by atoms with Crippen LogP contribution in [0.5, 0.6) is 0 Å². The second-order valence-electron chi connectivity index (χ2n) is 9.37. The van der Waals surface area contributed by atoms with E-state index in [9.17, 15) is 14.4 Å². The number of fused-ring (bicyclic) bond motifs is 3. The second kappa shape index (κ2) is 11.1. The number of anilines is 1. The van der Waals surface area contributed by atoms with Crippen LogP contribution in [0.1, 0.15) is 48.8 Å². The van der Waals surface area contributed by atoms with E-state index < -0.39 is 0 Å². The largest absolute Gasteiger partial charge is 0.356 e. The summed E-state index contributed by atoms with van der Waals surface area (Å²) in [6.07, 6.45) is 3.39. The molecule has 2 fully saturated rings. The number of nitrogens with zero attached hydrogens (tertiary/aromatic N) is 1. The van der Waals surface area contributed by atoms with Gasteiger partial charge < -0.3 is 20.9 Å². The van der Waals surface area contributed by atoms with Gasteiger partial charge >= 0.3 is 6.03 Å². The number of thioether (sulfide) groups is 1. The summed E-state index contributed by atoms with van der Waals surface area (Å²) in [5.74, 6) is 7.31. The van der Waals surface area contributed by atoms with Crippen LogP contribution < -0.4 is 20.9 Å². The summed E-state index contributed by atoms with van der Waals surface area (Å²) >= 11 is 1.89. The molecule has 186 valence electrons. The Morgan fingerprint density at radius 2 is 1.78 bits per heavy atom. The fraction of sp³-hybridized carbons (Fsp3) is 0.393. The lowest BCUT2D eigenvalue weighted by Gasteiger charge is -2.26. The molecule has 0 aromatic heterocycles. The van der Waals surface area contributed by atoms with Crippen LogP contribution in [0, 0.1) is 11.8 Å². The number of rotatable bonds is 8. The molecule has 8 heteroatoms. The minimum absolute atomic E-state index is 0.0279. The lowest BCUT2D eigenvalue weighted by molar-refractivity contribution is -0.121. The van der Waals surface area contributed by atoms with E-state index in [1.165, 1.54) is 0 Å². The van der Waals surface area contributed by atoms with Crippen LogP contribution in [0.15, 0.2) is 48.5 Å². The number of nitrogens with one attached hydrogen (secondary N) is 3. The van der Waals surface area contributed by atoms with E-state index in [4.69, 9.17) is 0 Å². The maximum Gasteiger partial charge on any atom is 0.315 e. The number of amides is 4. The number of para-hydroxylation sites is 1. The first-order valence-corrected chi connectivity index (χ1v) is 13.6. The molecule has 3 aliphatic rings. The molecule has 3 aliphatic heterocycles. The van der Waals surface area contributed by atoms with Crippen LogP contribution in [-0.2, 0) is 16.1 Å². The summed E-state index contributed by atoms with van der Waals surface area (Å²) < 4.78 is 0. The highest BCUT2D eigenvalue weighted by molar-refractivity contribution is 8.00. The van der Waals surface area contributed by atoms with Crippen molar-refractivity contribution < 1.29 is 14.4 Å². The Kier molecular flexibility index (Phi) is 7.47. The van der Waals surface area contributed by atoms with Crippen molar-refractivity contribution in [2.24, 2.45) is 0 Å². The van der Waals surface area contributed by atoms with Crippen LogP contribution >= 0.6 is 11.8 Å². The highest BCUT2D eigenvalue weighted by Crippen LogP contribution is 2.33. The number of carbonyl (C=O) groups is 3. The summed E-state index contributed by atoms with van der Waals surface area (Å²) in [6.45, 7) is 0.759. The minimum atomic E-state index is -0.0689. The summed E-state index contributed by atoms with van der Waals surface area (Å²) in [5.41, 5.74) is 3.56. The van der Waals surface area contributed by atoms with E-state index in [0.717, 1.165) is 47.4 Å². The highest BCUT2D eigenvalue weighted by atomic mass is 32.2. The molecular formula is C28H30N4O3S. The van der Waals surface area contributed by atoms with E-state index in [0.29, 0.717) is 24.8 Å². The molecule has 3 N–H and O–H groups in total. The van der Waals surface area contributed by atoms with Gasteiger partial charge in [0.15, 0.2) is 0 Å². The zero-order valence-electron chi connectivity index (χ0n) is 20.1. The quantitative estimate of drug-likeness (QED) is 0.294. The van der Waals surface area contributed by atoms with Crippen LogP contribution in [-0.4, -0.2) is 47.5 Å². The summed E-state index contributed by atoms with van der Waals surface area (Å²) in [7, 11) is 0. The van der Waals surface area contributed by atoms with Gasteiger partial charge in [0.05, 0.1) is 24.3 Å². The fourth-order valence-corrected chi connectivity index (χ4v) is 6.56. The number of unbranched alkanes of at least 4 members (excludes halogenated alkanes) is 1. The first-order valence-electron chi connectivity index (χ1n) is 12.5. The first kappa shape index (κ1) is 24.3. The maximum atomic E-state index is 13.2. The lowest BCUT2D eigenvalue weighted by atomic mass is 10.0. The number of urea groups is 1. The van der Waals surface area contributed by atoms with Crippen molar-refractivity contribution in [2.45, 2.75) is 56.0 Å². The van der Waals surface area contributed by atoms with E-state index in [1.54, 1.807) is 4.90 Å². The van der Waals surface area contributed by atoms with Gasteiger partial charge in [0.25, 0.3) is 0 Å². The highest BCUT2D eigenvalue weighted by Gasteiger charge is 2.42. The summed E-state index contributed by atoms with van der Waals surface area (Å²) in [5, 5.41) is 9.28. The van der Waals surface area contributed by atoms with E-state index >= 15 is 0 Å². The molecule has 0 aliphatic carbocycles. The van der Waals surface area contributed by atoms with Gasteiger partial charge in [-0.2, -0.15) is 11.8 Å². The van der Waals surface area contributed by atoms with E-state index in [2.05, 4.69) is 27.8 Å². The van der Waals surface area contributed by atoms with Gasteiger partial charge in [-0.3, -0.25) is 9.59 Å². The van der Waals surface area contributed by atoms with Crippen LogP contribution in [0.3, 0.4) is 0 Å². The Labute approximate surface area is 215 Å².